The average molecular weight is 479 g/mol. The molecule has 2 aliphatic rings. The summed E-state index contributed by atoms with van der Waals surface area (Å²) in [5, 5.41) is 15.7. The fourth-order valence-electron chi connectivity index (χ4n) is 4.19. The lowest BCUT2D eigenvalue weighted by Crippen LogP contribution is -2.56. The summed E-state index contributed by atoms with van der Waals surface area (Å²) in [5.41, 5.74) is -1.00. The van der Waals surface area contributed by atoms with Crippen molar-refractivity contribution < 1.29 is 19.1 Å². The molecule has 2 aliphatic heterocycles. The number of hydrogen-bond acceptors (Lipinski definition) is 8. The van der Waals surface area contributed by atoms with Crippen LogP contribution < -0.4 is 10.6 Å². The molecule has 192 valence electrons. The molecule has 2 rings (SSSR count). The molecule has 2 amide bonds. The van der Waals surface area contributed by atoms with Gasteiger partial charge in [-0.25, -0.2) is 9.79 Å². The predicted octanol–water partition coefficient (Wildman–Crippen LogP) is 2.11. The Morgan fingerprint density at radius 3 is 2.53 bits per heavy atom. The van der Waals surface area contributed by atoms with Gasteiger partial charge in [-0.15, -0.1) is 0 Å². The molecule has 1 unspecified atom stereocenters. The molecule has 1 atom stereocenters. The Morgan fingerprint density at radius 1 is 1.24 bits per heavy atom. The van der Waals surface area contributed by atoms with Crippen LogP contribution in [0.1, 0.15) is 60.3 Å². The fourth-order valence-corrected chi connectivity index (χ4v) is 4.19. The van der Waals surface area contributed by atoms with Gasteiger partial charge >= 0.3 is 6.09 Å². The lowest BCUT2D eigenvalue weighted by atomic mass is 9.85. The molecular formula is C24H42N6O4. The van der Waals surface area contributed by atoms with Gasteiger partial charge in [-0.3, -0.25) is 9.69 Å². The first-order chi connectivity index (χ1) is 16.1. The van der Waals surface area contributed by atoms with Gasteiger partial charge in [-0.1, -0.05) is 27.7 Å². The third kappa shape index (κ3) is 9.11. The first-order valence-corrected chi connectivity index (χ1v) is 12.4. The maximum absolute atomic E-state index is 13.4. The summed E-state index contributed by atoms with van der Waals surface area (Å²) < 4.78 is 10.7. The molecule has 0 aromatic rings. The van der Waals surface area contributed by atoms with E-state index in [-0.39, 0.29) is 11.3 Å². The normalized spacial score (nSPS) is 21.2. The molecule has 34 heavy (non-hydrogen) atoms. The highest BCUT2D eigenvalue weighted by atomic mass is 16.5. The number of likely N-dealkylation sites (tertiary alicyclic amines) is 1. The standard InChI is InChI=1S/C24H42N6O4/c1-6-10-29-11-8-24(17-25,9-12-29)28-21(31)19(15-23(3,4)5)27-20-16-30(13-14-34-20)18-26-22(32)33-7-2/h19H,6-16,18H2,1-5H3,(H,26,32)(H,28,31). The van der Waals surface area contributed by atoms with E-state index in [1.54, 1.807) is 6.92 Å². The van der Waals surface area contributed by atoms with Gasteiger partial charge < -0.3 is 25.0 Å². The van der Waals surface area contributed by atoms with Crippen LogP contribution in [0.15, 0.2) is 4.99 Å². The summed E-state index contributed by atoms with van der Waals surface area (Å²) in [6.07, 6.45) is 2.35. The number of amides is 2. The Labute approximate surface area is 204 Å². The van der Waals surface area contributed by atoms with Crippen molar-refractivity contribution in [1.29, 1.82) is 5.26 Å². The van der Waals surface area contributed by atoms with E-state index < -0.39 is 17.7 Å². The summed E-state index contributed by atoms with van der Waals surface area (Å²) in [6, 6.07) is 1.72. The quantitative estimate of drug-likeness (QED) is 0.521. The molecule has 2 N–H and O–H groups in total. The summed E-state index contributed by atoms with van der Waals surface area (Å²) in [5.74, 6) is 0.225. The van der Waals surface area contributed by atoms with Gasteiger partial charge in [0.1, 0.15) is 18.2 Å². The molecule has 10 nitrogen and oxygen atoms in total. The van der Waals surface area contributed by atoms with Crippen molar-refractivity contribution in [2.45, 2.75) is 71.9 Å². The van der Waals surface area contributed by atoms with Crippen molar-refractivity contribution in [1.82, 2.24) is 20.4 Å². The Kier molecular flexibility index (Phi) is 10.6. The maximum Gasteiger partial charge on any atom is 0.408 e. The molecule has 2 fully saturated rings. The largest absolute Gasteiger partial charge is 0.479 e. The second kappa shape index (κ2) is 12.9. The van der Waals surface area contributed by atoms with Crippen molar-refractivity contribution in [2.24, 2.45) is 10.4 Å². The van der Waals surface area contributed by atoms with Crippen molar-refractivity contribution in [3.63, 3.8) is 0 Å². The van der Waals surface area contributed by atoms with Crippen molar-refractivity contribution in [3.05, 3.63) is 0 Å². The number of aliphatic imine (C=N–C) groups is 1. The molecule has 0 saturated carbocycles. The smallest absolute Gasteiger partial charge is 0.408 e. The molecule has 0 spiro atoms. The highest BCUT2D eigenvalue weighted by molar-refractivity contribution is 5.87. The second-order valence-corrected chi connectivity index (χ2v) is 10.3. The molecule has 0 bridgehead atoms. The summed E-state index contributed by atoms with van der Waals surface area (Å²) in [6.45, 7) is 14.7. The van der Waals surface area contributed by atoms with Crippen LogP contribution >= 0.6 is 0 Å². The van der Waals surface area contributed by atoms with Crippen molar-refractivity contribution in [2.75, 3.05) is 52.6 Å². The van der Waals surface area contributed by atoms with Gasteiger partial charge in [0, 0.05) is 19.6 Å². The Hall–Kier alpha value is -2.38. The van der Waals surface area contributed by atoms with Crippen LogP contribution in [0.2, 0.25) is 0 Å². The SMILES string of the molecule is CCCN1CCC(C#N)(NC(=O)C(CC(C)(C)C)N=C2CN(CNC(=O)OCC)CCO2)CC1. The number of morpholine rings is 1. The van der Waals surface area contributed by atoms with Gasteiger partial charge in [-0.05, 0) is 44.6 Å². The predicted molar refractivity (Wildman–Crippen MR) is 130 cm³/mol. The van der Waals surface area contributed by atoms with E-state index in [2.05, 4.69) is 54.3 Å². The molecule has 0 radical (unpaired) electrons. The minimum atomic E-state index is -0.860. The zero-order chi connectivity index (χ0) is 25.2. The van der Waals surface area contributed by atoms with Crippen LogP contribution in [0.4, 0.5) is 4.79 Å². The lowest BCUT2D eigenvalue weighted by molar-refractivity contribution is -0.124. The zero-order valence-corrected chi connectivity index (χ0v) is 21.5. The number of nitrogens with one attached hydrogen (secondary N) is 2. The van der Waals surface area contributed by atoms with Crippen LogP contribution in [0.5, 0.6) is 0 Å². The Balaban J connectivity index is 2.07. The summed E-state index contributed by atoms with van der Waals surface area (Å²) in [4.78, 5) is 34.0. The number of carbonyl (C=O) groups is 2. The van der Waals surface area contributed by atoms with Gasteiger partial charge in [0.15, 0.2) is 5.90 Å². The molecule has 2 saturated heterocycles. The van der Waals surface area contributed by atoms with Crippen LogP contribution in [0.25, 0.3) is 0 Å². The van der Waals surface area contributed by atoms with Crippen LogP contribution in [0, 0.1) is 16.7 Å². The number of hydrogen-bond donors (Lipinski definition) is 2. The number of ether oxygens (including phenoxy) is 2. The molecule has 10 heteroatoms. The second-order valence-electron chi connectivity index (χ2n) is 10.3. The molecule has 2 heterocycles. The minimum absolute atomic E-state index is 0.143. The Bertz CT molecular complexity index is 750. The third-order valence-electron chi connectivity index (χ3n) is 5.99. The van der Waals surface area contributed by atoms with E-state index in [1.165, 1.54) is 0 Å². The first-order valence-electron chi connectivity index (χ1n) is 12.4. The number of nitriles is 1. The van der Waals surface area contributed by atoms with Gasteiger partial charge in [0.25, 0.3) is 0 Å². The maximum atomic E-state index is 13.4. The number of nitrogens with zero attached hydrogens (tertiary/aromatic N) is 4. The number of piperidine rings is 1. The van der Waals surface area contributed by atoms with Crippen molar-refractivity contribution >= 4 is 17.9 Å². The molecule has 0 aromatic heterocycles. The Morgan fingerprint density at radius 2 is 1.94 bits per heavy atom. The van der Waals surface area contributed by atoms with E-state index in [1.807, 2.05) is 4.90 Å². The third-order valence-corrected chi connectivity index (χ3v) is 5.99. The van der Waals surface area contributed by atoms with E-state index in [0.717, 1.165) is 26.1 Å². The minimum Gasteiger partial charge on any atom is -0.479 e. The number of alkyl carbamates (subject to hydrolysis) is 1. The molecule has 0 aromatic carbocycles. The van der Waals surface area contributed by atoms with Crippen LogP contribution in [-0.2, 0) is 14.3 Å². The highest BCUT2D eigenvalue weighted by Crippen LogP contribution is 2.26. The zero-order valence-electron chi connectivity index (χ0n) is 21.5. The van der Waals surface area contributed by atoms with E-state index in [9.17, 15) is 14.9 Å². The van der Waals surface area contributed by atoms with Gasteiger partial charge in [0.2, 0.25) is 5.91 Å². The van der Waals surface area contributed by atoms with Crippen LogP contribution in [0.3, 0.4) is 0 Å². The lowest BCUT2D eigenvalue weighted by Gasteiger charge is -2.38. The first kappa shape index (κ1) is 27.9. The van der Waals surface area contributed by atoms with E-state index >= 15 is 0 Å². The molecular weight excluding hydrogens is 436 g/mol. The van der Waals surface area contributed by atoms with Crippen LogP contribution in [-0.4, -0.2) is 91.9 Å². The monoisotopic (exact) mass is 478 g/mol. The average Bonchev–Trinajstić information content (AvgIpc) is 2.78. The van der Waals surface area contributed by atoms with Crippen molar-refractivity contribution in [3.8, 4) is 6.07 Å². The van der Waals surface area contributed by atoms with E-state index in [4.69, 9.17) is 9.47 Å². The van der Waals surface area contributed by atoms with Gasteiger partial charge in [-0.2, -0.15) is 5.26 Å². The summed E-state index contributed by atoms with van der Waals surface area (Å²) >= 11 is 0. The fraction of sp³-hybridized carbons (Fsp3) is 0.833. The summed E-state index contributed by atoms with van der Waals surface area (Å²) in [7, 11) is 0. The van der Waals surface area contributed by atoms with E-state index in [0.29, 0.717) is 58.1 Å². The number of rotatable bonds is 9. The molecule has 0 aliphatic carbocycles. The topological polar surface area (TPSA) is 119 Å². The number of carbonyl (C=O) groups excluding carboxylic acids is 2. The highest BCUT2D eigenvalue weighted by Gasteiger charge is 2.38. The van der Waals surface area contributed by atoms with Gasteiger partial charge in [0.05, 0.1) is 25.9 Å².